The Morgan fingerprint density at radius 2 is 1.85 bits per heavy atom. The van der Waals surface area contributed by atoms with Crippen molar-refractivity contribution in [2.45, 2.75) is 41.0 Å². The van der Waals surface area contributed by atoms with Gasteiger partial charge in [-0.3, -0.25) is 5.10 Å². The molecule has 0 saturated carbocycles. The summed E-state index contributed by atoms with van der Waals surface area (Å²) in [4.78, 5) is 6.35. The van der Waals surface area contributed by atoms with Gasteiger partial charge in [0.2, 0.25) is 0 Å². The first-order valence-electron chi connectivity index (χ1n) is 11.4. The largest absolute Gasteiger partial charge is 0.369 e. The molecule has 1 aromatic carbocycles. The van der Waals surface area contributed by atoms with Crippen molar-refractivity contribution in [2.75, 3.05) is 36.4 Å². The number of piperazine rings is 1. The summed E-state index contributed by atoms with van der Waals surface area (Å²) in [6.07, 6.45) is 2.92. The van der Waals surface area contributed by atoms with E-state index in [1.165, 1.54) is 17.0 Å². The minimum absolute atomic E-state index is 0.189. The standard InChI is InChI=1S/C18H18ClFN8.C3H8.C2H6/c1-10-22-18-14(20)6-11(9-28(18)26-10)23-17-16-13(19)7-12(8-15(16)24-25-17)27-4-2-21-3-5-27;1-3-2;1-2/h6-9,21H,2-5H2,1H3,(H2,23,24,25);3H2,1-2H3;1-2H3. The van der Waals surface area contributed by atoms with Crippen LogP contribution in [0.15, 0.2) is 24.4 Å². The lowest BCUT2D eigenvalue weighted by molar-refractivity contribution is 0.589. The molecule has 0 unspecified atom stereocenters. The maximum Gasteiger partial charge on any atom is 0.191 e. The summed E-state index contributed by atoms with van der Waals surface area (Å²) in [6, 6.07) is 5.35. The average Bonchev–Trinajstić information content (AvgIpc) is 3.39. The van der Waals surface area contributed by atoms with E-state index < -0.39 is 5.82 Å². The van der Waals surface area contributed by atoms with Crippen molar-refractivity contribution in [1.29, 1.82) is 0 Å². The highest BCUT2D eigenvalue weighted by molar-refractivity contribution is 6.36. The topological polar surface area (TPSA) is 86.2 Å². The number of anilines is 3. The van der Waals surface area contributed by atoms with E-state index in [2.05, 4.69) is 49.7 Å². The minimum atomic E-state index is -0.461. The van der Waals surface area contributed by atoms with Crippen molar-refractivity contribution >= 4 is 45.3 Å². The predicted octanol–water partition coefficient (Wildman–Crippen LogP) is 5.30. The molecular formula is C23H32ClFN8. The Hall–Kier alpha value is -2.91. The molecule has 1 saturated heterocycles. The number of nitrogens with one attached hydrogen (secondary N) is 3. The molecule has 4 heterocycles. The maximum absolute atomic E-state index is 14.3. The zero-order valence-electron chi connectivity index (χ0n) is 19.8. The van der Waals surface area contributed by atoms with Gasteiger partial charge in [0.1, 0.15) is 5.82 Å². The number of aromatic amines is 1. The molecule has 10 heteroatoms. The van der Waals surface area contributed by atoms with E-state index >= 15 is 0 Å². The number of hydrogen-bond acceptors (Lipinski definition) is 6. The van der Waals surface area contributed by atoms with Crippen molar-refractivity contribution in [2.24, 2.45) is 0 Å². The molecule has 0 aliphatic carbocycles. The molecule has 0 bridgehead atoms. The molecule has 3 N–H and O–H groups in total. The average molecular weight is 475 g/mol. The van der Waals surface area contributed by atoms with Crippen LogP contribution in [0.25, 0.3) is 16.6 Å². The molecule has 1 aliphatic rings. The lowest BCUT2D eigenvalue weighted by atomic mass is 10.2. The van der Waals surface area contributed by atoms with Crippen LogP contribution in [0.2, 0.25) is 5.02 Å². The number of aryl methyl sites for hydroxylation is 1. The van der Waals surface area contributed by atoms with Gasteiger partial charge in [-0.15, -0.1) is 0 Å². The van der Waals surface area contributed by atoms with Crippen LogP contribution in [0.4, 0.5) is 21.6 Å². The van der Waals surface area contributed by atoms with Gasteiger partial charge in [-0.2, -0.15) is 10.2 Å². The Kier molecular flexibility index (Phi) is 8.46. The highest BCUT2D eigenvalue weighted by Crippen LogP contribution is 2.34. The van der Waals surface area contributed by atoms with E-state index in [9.17, 15) is 4.39 Å². The second-order valence-corrected chi connectivity index (χ2v) is 7.90. The Labute approximate surface area is 198 Å². The van der Waals surface area contributed by atoms with Crippen LogP contribution >= 0.6 is 11.6 Å². The summed E-state index contributed by atoms with van der Waals surface area (Å²) in [5, 5.41) is 19.3. The smallest absolute Gasteiger partial charge is 0.191 e. The zero-order valence-corrected chi connectivity index (χ0v) is 20.6. The van der Waals surface area contributed by atoms with E-state index in [1.807, 2.05) is 26.0 Å². The second kappa shape index (κ2) is 11.3. The quantitative estimate of drug-likeness (QED) is 0.373. The monoisotopic (exact) mass is 474 g/mol. The summed E-state index contributed by atoms with van der Waals surface area (Å²) in [5.41, 5.74) is 2.57. The Morgan fingerprint density at radius 3 is 2.55 bits per heavy atom. The van der Waals surface area contributed by atoms with E-state index in [0.717, 1.165) is 42.8 Å². The van der Waals surface area contributed by atoms with Gasteiger partial charge in [0.15, 0.2) is 17.3 Å². The van der Waals surface area contributed by atoms with Gasteiger partial charge < -0.3 is 15.5 Å². The lowest BCUT2D eigenvalue weighted by Crippen LogP contribution is -2.43. The summed E-state index contributed by atoms with van der Waals surface area (Å²) in [7, 11) is 0. The number of rotatable bonds is 3. The molecule has 5 rings (SSSR count). The van der Waals surface area contributed by atoms with Crippen molar-refractivity contribution in [3.05, 3.63) is 41.1 Å². The highest BCUT2D eigenvalue weighted by atomic mass is 35.5. The molecule has 33 heavy (non-hydrogen) atoms. The van der Waals surface area contributed by atoms with Gasteiger partial charge in [-0.05, 0) is 19.1 Å². The van der Waals surface area contributed by atoms with Crippen LogP contribution in [0, 0.1) is 12.7 Å². The van der Waals surface area contributed by atoms with Crippen LogP contribution in [-0.4, -0.2) is 51.0 Å². The zero-order chi connectivity index (χ0) is 24.0. The first kappa shape index (κ1) is 24.7. The number of pyridine rings is 1. The summed E-state index contributed by atoms with van der Waals surface area (Å²) >= 11 is 6.58. The molecule has 8 nitrogen and oxygen atoms in total. The fraction of sp³-hybridized carbons (Fsp3) is 0.435. The Balaban J connectivity index is 0.000000569. The van der Waals surface area contributed by atoms with Crippen LogP contribution < -0.4 is 15.5 Å². The van der Waals surface area contributed by atoms with Gasteiger partial charge in [0.05, 0.1) is 27.8 Å². The number of H-pyrrole nitrogens is 1. The Bertz CT molecular complexity index is 1200. The van der Waals surface area contributed by atoms with Crippen LogP contribution in [0.3, 0.4) is 0 Å². The molecule has 0 amide bonds. The fourth-order valence-corrected chi connectivity index (χ4v) is 3.85. The molecule has 1 fully saturated rings. The van der Waals surface area contributed by atoms with Crippen molar-refractivity contribution in [1.82, 2.24) is 30.1 Å². The number of halogens is 2. The van der Waals surface area contributed by atoms with Gasteiger partial charge in [-0.25, -0.2) is 13.9 Å². The van der Waals surface area contributed by atoms with Gasteiger partial charge in [0.25, 0.3) is 0 Å². The molecular weight excluding hydrogens is 443 g/mol. The minimum Gasteiger partial charge on any atom is -0.369 e. The normalized spacial score (nSPS) is 13.4. The summed E-state index contributed by atoms with van der Waals surface area (Å²) in [6.45, 7) is 13.7. The third kappa shape index (κ3) is 5.54. The van der Waals surface area contributed by atoms with E-state index in [0.29, 0.717) is 22.4 Å². The third-order valence-electron chi connectivity index (χ3n) is 4.84. The Morgan fingerprint density at radius 1 is 1.15 bits per heavy atom. The molecule has 0 radical (unpaired) electrons. The number of aromatic nitrogens is 5. The third-order valence-corrected chi connectivity index (χ3v) is 5.14. The molecule has 0 spiro atoms. The molecule has 1 aliphatic heterocycles. The van der Waals surface area contributed by atoms with E-state index in [-0.39, 0.29) is 5.65 Å². The van der Waals surface area contributed by atoms with Crippen LogP contribution in [0.1, 0.15) is 39.9 Å². The first-order chi connectivity index (χ1) is 16.0. The molecule has 0 atom stereocenters. The molecule has 3 aromatic heterocycles. The van der Waals surface area contributed by atoms with Crippen LogP contribution in [0.5, 0.6) is 0 Å². The van der Waals surface area contributed by atoms with Gasteiger partial charge >= 0.3 is 0 Å². The molecule has 178 valence electrons. The highest BCUT2D eigenvalue weighted by Gasteiger charge is 2.17. The van der Waals surface area contributed by atoms with E-state index in [4.69, 9.17) is 11.6 Å². The first-order valence-corrected chi connectivity index (χ1v) is 11.8. The van der Waals surface area contributed by atoms with Crippen molar-refractivity contribution in [3.63, 3.8) is 0 Å². The lowest BCUT2D eigenvalue weighted by Gasteiger charge is -2.29. The maximum atomic E-state index is 14.3. The van der Waals surface area contributed by atoms with Gasteiger partial charge in [-0.1, -0.05) is 45.7 Å². The number of benzene rings is 1. The predicted molar refractivity (Wildman–Crippen MR) is 134 cm³/mol. The fourth-order valence-electron chi connectivity index (χ4n) is 3.55. The molecule has 4 aromatic rings. The second-order valence-electron chi connectivity index (χ2n) is 7.50. The number of nitrogens with zero attached hydrogens (tertiary/aromatic N) is 5. The number of hydrogen-bond donors (Lipinski definition) is 3. The van der Waals surface area contributed by atoms with Crippen molar-refractivity contribution in [3.8, 4) is 0 Å². The van der Waals surface area contributed by atoms with E-state index in [1.54, 1.807) is 13.1 Å². The van der Waals surface area contributed by atoms with Crippen molar-refractivity contribution < 1.29 is 4.39 Å². The van der Waals surface area contributed by atoms with Crippen LogP contribution in [-0.2, 0) is 0 Å². The number of fused-ring (bicyclic) bond motifs is 2. The summed E-state index contributed by atoms with van der Waals surface area (Å²) < 4.78 is 15.7. The summed E-state index contributed by atoms with van der Waals surface area (Å²) in [5.74, 6) is 0.574. The SMILES string of the molecule is CC.CCC.Cc1nc2c(F)cc(Nc3n[nH]c4cc(N5CCNCC5)cc(Cl)c34)cn2n1. The van der Waals surface area contributed by atoms with Gasteiger partial charge in [0, 0.05) is 37.9 Å².